The zero-order valence-corrected chi connectivity index (χ0v) is 19.1. The quantitative estimate of drug-likeness (QED) is 0.632. The van der Waals surface area contributed by atoms with Crippen molar-refractivity contribution in [2.75, 3.05) is 12.4 Å². The molecule has 0 aliphatic heterocycles. The highest BCUT2D eigenvalue weighted by Gasteiger charge is 2.47. The average Bonchev–Trinajstić information content (AvgIpc) is 2.67. The number of hydrogen-bond acceptors (Lipinski definition) is 4. The molecule has 0 radical (unpaired) electrons. The van der Waals surface area contributed by atoms with E-state index in [1.54, 1.807) is 0 Å². The molecule has 2 aromatic rings. The average molecular weight is 396 g/mol. The number of aromatic nitrogens is 2. The molecule has 3 atom stereocenters. The highest BCUT2D eigenvalue weighted by molar-refractivity contribution is 5.52. The Kier molecular flexibility index (Phi) is 6.33. The van der Waals surface area contributed by atoms with Crippen LogP contribution in [0.25, 0.3) is 0 Å². The molecule has 1 aliphatic carbocycles. The van der Waals surface area contributed by atoms with Crippen molar-refractivity contribution in [1.82, 2.24) is 9.97 Å². The van der Waals surface area contributed by atoms with E-state index in [9.17, 15) is 0 Å². The van der Waals surface area contributed by atoms with Gasteiger partial charge in [0, 0.05) is 18.2 Å². The first-order valence-electron chi connectivity index (χ1n) is 10.9. The van der Waals surface area contributed by atoms with Crippen molar-refractivity contribution in [3.05, 3.63) is 47.8 Å². The second kappa shape index (κ2) is 8.43. The van der Waals surface area contributed by atoms with Gasteiger partial charge in [0.2, 0.25) is 0 Å². The minimum absolute atomic E-state index is 0.00972. The molecule has 0 unspecified atom stereocenters. The van der Waals surface area contributed by atoms with Crippen LogP contribution in [0.2, 0.25) is 0 Å². The van der Waals surface area contributed by atoms with Crippen LogP contribution in [0.1, 0.15) is 72.2 Å². The second-order valence-corrected chi connectivity index (χ2v) is 10.0. The Balaban J connectivity index is 1.94. The number of rotatable bonds is 5. The summed E-state index contributed by atoms with van der Waals surface area (Å²) in [6.07, 6.45) is 3.46. The molecule has 4 nitrogen and oxygen atoms in total. The Bertz CT molecular complexity index is 827. The normalized spacial score (nSPS) is 25.2. The van der Waals surface area contributed by atoms with Crippen molar-refractivity contribution < 1.29 is 4.74 Å². The van der Waals surface area contributed by atoms with Gasteiger partial charge in [-0.05, 0) is 54.9 Å². The molecular formula is C25H37N3O. The van der Waals surface area contributed by atoms with E-state index >= 15 is 0 Å². The Hall–Kier alpha value is -1.94. The fourth-order valence-electron chi connectivity index (χ4n) is 4.77. The maximum Gasteiger partial charge on any atom is 0.131 e. The van der Waals surface area contributed by atoms with Crippen LogP contribution in [-0.4, -0.2) is 17.1 Å². The molecule has 0 amide bonds. The van der Waals surface area contributed by atoms with Gasteiger partial charge < -0.3 is 10.1 Å². The molecule has 1 N–H and O–H groups in total. The molecule has 2 aromatic heterocycles. The number of methoxy groups -OCH3 is 1. The van der Waals surface area contributed by atoms with Gasteiger partial charge in [-0.2, -0.15) is 0 Å². The van der Waals surface area contributed by atoms with E-state index in [2.05, 4.69) is 65.1 Å². The number of nitrogens with zero attached hydrogens (tertiary/aromatic N) is 2. The third-order valence-corrected chi connectivity index (χ3v) is 6.35. The predicted octanol–water partition coefficient (Wildman–Crippen LogP) is 6.45. The van der Waals surface area contributed by atoms with E-state index in [0.29, 0.717) is 17.8 Å². The zero-order chi connectivity index (χ0) is 21.2. The highest BCUT2D eigenvalue weighted by atomic mass is 16.5. The lowest BCUT2D eigenvalue weighted by atomic mass is 9.65. The topological polar surface area (TPSA) is 47.0 Å². The summed E-state index contributed by atoms with van der Waals surface area (Å²) in [5.74, 6) is 3.29. The van der Waals surface area contributed by atoms with Gasteiger partial charge in [0.15, 0.2) is 0 Å². The van der Waals surface area contributed by atoms with E-state index in [0.717, 1.165) is 29.4 Å². The smallest absolute Gasteiger partial charge is 0.131 e. The van der Waals surface area contributed by atoms with Crippen LogP contribution in [-0.2, 0) is 15.8 Å². The Labute approximate surface area is 176 Å². The minimum Gasteiger partial charge on any atom is -0.372 e. The lowest BCUT2D eigenvalue weighted by molar-refractivity contribution is -0.119. The zero-order valence-electron chi connectivity index (χ0n) is 19.1. The van der Waals surface area contributed by atoms with Gasteiger partial charge in [0.25, 0.3) is 0 Å². The van der Waals surface area contributed by atoms with Crippen molar-refractivity contribution >= 4 is 11.6 Å². The molecule has 0 bridgehead atoms. The highest BCUT2D eigenvalue weighted by Crippen LogP contribution is 2.49. The van der Waals surface area contributed by atoms with Crippen molar-refractivity contribution in [2.45, 2.75) is 71.8 Å². The maximum absolute atomic E-state index is 6.27. The number of nitrogens with one attached hydrogen (secondary N) is 1. The van der Waals surface area contributed by atoms with Crippen LogP contribution in [0.3, 0.4) is 0 Å². The van der Waals surface area contributed by atoms with Crippen LogP contribution in [0.15, 0.2) is 36.4 Å². The molecule has 0 spiro atoms. The Morgan fingerprint density at radius 3 is 2.31 bits per heavy atom. The summed E-state index contributed by atoms with van der Waals surface area (Å²) in [4.78, 5) is 9.81. The van der Waals surface area contributed by atoms with Gasteiger partial charge in [-0.15, -0.1) is 0 Å². The summed E-state index contributed by atoms with van der Waals surface area (Å²) < 4.78 is 6.27. The SMILES string of the molecule is CO[C@]1(c2cccc(Nc3cccc(C(C)(C)C)n3)n2)C[C@H](C)CC[C@H]1C(C)C. The van der Waals surface area contributed by atoms with Gasteiger partial charge in [-0.3, -0.25) is 0 Å². The number of ether oxygens (including phenoxy) is 1. The van der Waals surface area contributed by atoms with Gasteiger partial charge in [0.05, 0.1) is 5.69 Å². The van der Waals surface area contributed by atoms with Gasteiger partial charge in [-0.25, -0.2) is 9.97 Å². The van der Waals surface area contributed by atoms with E-state index < -0.39 is 0 Å². The fraction of sp³-hybridized carbons (Fsp3) is 0.600. The summed E-state index contributed by atoms with van der Waals surface area (Å²) in [5.41, 5.74) is 1.77. The fourth-order valence-corrected chi connectivity index (χ4v) is 4.77. The van der Waals surface area contributed by atoms with Crippen molar-refractivity contribution in [2.24, 2.45) is 17.8 Å². The molecule has 0 aromatic carbocycles. The first kappa shape index (κ1) is 21.8. The van der Waals surface area contributed by atoms with Gasteiger partial charge in [0.1, 0.15) is 17.2 Å². The maximum atomic E-state index is 6.27. The lowest BCUT2D eigenvalue weighted by Crippen LogP contribution is -2.45. The Morgan fingerprint density at radius 2 is 1.69 bits per heavy atom. The third kappa shape index (κ3) is 4.63. The third-order valence-electron chi connectivity index (χ3n) is 6.35. The molecule has 2 heterocycles. The second-order valence-electron chi connectivity index (χ2n) is 10.0. The van der Waals surface area contributed by atoms with Crippen LogP contribution in [0.4, 0.5) is 11.6 Å². The molecule has 1 saturated carbocycles. The summed E-state index contributed by atoms with van der Waals surface area (Å²) in [5, 5.41) is 3.41. The minimum atomic E-state index is -0.329. The van der Waals surface area contributed by atoms with E-state index in [1.807, 2.05) is 25.3 Å². The van der Waals surface area contributed by atoms with Gasteiger partial charge >= 0.3 is 0 Å². The summed E-state index contributed by atoms with van der Waals surface area (Å²) >= 11 is 0. The van der Waals surface area contributed by atoms with Crippen LogP contribution < -0.4 is 5.32 Å². The molecular weight excluding hydrogens is 358 g/mol. The molecule has 1 aliphatic rings. The van der Waals surface area contributed by atoms with E-state index in [-0.39, 0.29) is 11.0 Å². The molecule has 3 rings (SSSR count). The molecule has 158 valence electrons. The monoisotopic (exact) mass is 395 g/mol. The molecule has 29 heavy (non-hydrogen) atoms. The molecule has 0 saturated heterocycles. The van der Waals surface area contributed by atoms with Crippen LogP contribution in [0, 0.1) is 17.8 Å². The van der Waals surface area contributed by atoms with E-state index in [1.165, 1.54) is 12.8 Å². The van der Waals surface area contributed by atoms with Gasteiger partial charge in [-0.1, -0.05) is 60.1 Å². The largest absolute Gasteiger partial charge is 0.372 e. The van der Waals surface area contributed by atoms with Crippen molar-refractivity contribution in [3.8, 4) is 0 Å². The first-order valence-corrected chi connectivity index (χ1v) is 10.9. The summed E-state index contributed by atoms with van der Waals surface area (Å²) in [6.45, 7) is 13.5. The molecule has 1 fully saturated rings. The number of anilines is 2. The van der Waals surface area contributed by atoms with Crippen molar-refractivity contribution in [3.63, 3.8) is 0 Å². The first-order chi connectivity index (χ1) is 13.7. The Morgan fingerprint density at radius 1 is 1.03 bits per heavy atom. The standard InChI is InChI=1S/C25H37N3O/c1-17(2)19-15-14-18(3)16-25(19,29-7)21-11-9-13-23(27-21)28-22-12-8-10-20(26-22)24(4,5)6/h8-13,17-19H,14-16H2,1-7H3,(H,26,27,28)/t18-,19+,25-/m1/s1. The van der Waals surface area contributed by atoms with Crippen LogP contribution in [0.5, 0.6) is 0 Å². The molecule has 4 heteroatoms. The van der Waals surface area contributed by atoms with Crippen molar-refractivity contribution in [1.29, 1.82) is 0 Å². The lowest BCUT2D eigenvalue weighted by Gasteiger charge is -2.47. The van der Waals surface area contributed by atoms with Crippen LogP contribution >= 0.6 is 0 Å². The van der Waals surface area contributed by atoms with E-state index in [4.69, 9.17) is 14.7 Å². The summed E-state index contributed by atoms with van der Waals surface area (Å²) in [7, 11) is 1.85. The number of hydrogen-bond donors (Lipinski definition) is 1. The summed E-state index contributed by atoms with van der Waals surface area (Å²) in [6, 6.07) is 12.3. The number of pyridine rings is 2. The predicted molar refractivity (Wildman–Crippen MR) is 120 cm³/mol.